The van der Waals surface area contributed by atoms with Crippen LogP contribution in [0.25, 0.3) is 11.1 Å². The molecular weight excluding hydrogens is 879 g/mol. The van der Waals surface area contributed by atoms with Gasteiger partial charge >= 0.3 is 6.18 Å². The Bertz CT molecular complexity index is 1970. The second kappa shape index (κ2) is 22.8. The fourth-order valence-electron chi connectivity index (χ4n) is 8.47. The van der Waals surface area contributed by atoms with E-state index in [1.54, 1.807) is 20.8 Å². The van der Waals surface area contributed by atoms with E-state index in [4.69, 9.17) is 18.9 Å². The monoisotopic (exact) mass is 963 g/mol. The molecular formula is C56H84F6N2O4. The summed E-state index contributed by atoms with van der Waals surface area (Å²) >= 11 is 0. The van der Waals surface area contributed by atoms with Crippen LogP contribution in [0, 0.1) is 33.9 Å². The van der Waals surface area contributed by atoms with E-state index < -0.39 is 29.1 Å². The molecule has 68 heavy (non-hydrogen) atoms. The molecule has 3 fully saturated rings. The molecule has 4 aliphatic rings. The second-order valence-electron chi connectivity index (χ2n) is 24.9. The Balaban J connectivity index is 0.000000201. The van der Waals surface area contributed by atoms with Crippen LogP contribution in [-0.4, -0.2) is 52.7 Å². The van der Waals surface area contributed by atoms with Gasteiger partial charge in [0.15, 0.2) is 0 Å². The van der Waals surface area contributed by atoms with Gasteiger partial charge in [0.25, 0.3) is 0 Å². The molecule has 12 heteroatoms. The van der Waals surface area contributed by atoms with Crippen molar-refractivity contribution >= 4 is 0 Å². The van der Waals surface area contributed by atoms with Gasteiger partial charge in [-0.3, -0.25) is 0 Å². The van der Waals surface area contributed by atoms with Crippen LogP contribution in [0.15, 0.2) is 48.8 Å². The molecule has 0 N–H and O–H groups in total. The summed E-state index contributed by atoms with van der Waals surface area (Å²) in [5.74, 6) is -1.57. The molecule has 6 nitrogen and oxygen atoms in total. The summed E-state index contributed by atoms with van der Waals surface area (Å²) < 4.78 is 101. The zero-order valence-corrected chi connectivity index (χ0v) is 43.9. The lowest BCUT2D eigenvalue weighted by Gasteiger charge is -2.31. The van der Waals surface area contributed by atoms with Gasteiger partial charge in [0.2, 0.25) is 5.92 Å². The molecule has 0 bridgehead atoms. The summed E-state index contributed by atoms with van der Waals surface area (Å²) in [4.78, 5) is 0. The molecule has 1 aromatic heterocycles. The van der Waals surface area contributed by atoms with Crippen LogP contribution in [0.5, 0.6) is 11.5 Å². The van der Waals surface area contributed by atoms with Gasteiger partial charge in [-0.1, -0.05) is 40.7 Å². The molecule has 0 radical (unpaired) electrons. The lowest BCUT2D eigenvalue weighted by molar-refractivity contribution is -0.140. The van der Waals surface area contributed by atoms with Gasteiger partial charge in [0, 0.05) is 30.0 Å². The van der Waals surface area contributed by atoms with Crippen molar-refractivity contribution in [3.63, 3.8) is 0 Å². The zero-order valence-electron chi connectivity index (χ0n) is 43.9. The van der Waals surface area contributed by atoms with E-state index in [0.717, 1.165) is 42.4 Å². The minimum absolute atomic E-state index is 0.0194. The fraction of sp³-hybridized carbons (Fsp3) is 0.714. The van der Waals surface area contributed by atoms with Crippen molar-refractivity contribution in [1.82, 2.24) is 10.2 Å². The summed E-state index contributed by atoms with van der Waals surface area (Å²) in [6.45, 7) is 31.3. The van der Waals surface area contributed by atoms with E-state index >= 15 is 0 Å². The van der Waals surface area contributed by atoms with Crippen LogP contribution in [-0.2, 0) is 28.5 Å². The number of fused-ring (bicyclic) bond motifs is 1. The van der Waals surface area contributed by atoms with Crippen LogP contribution in [0.3, 0.4) is 0 Å². The fourth-order valence-corrected chi connectivity index (χ4v) is 8.47. The van der Waals surface area contributed by atoms with Gasteiger partial charge in [-0.15, -0.1) is 0 Å². The van der Waals surface area contributed by atoms with E-state index in [1.807, 2.05) is 20.8 Å². The van der Waals surface area contributed by atoms with Crippen molar-refractivity contribution < 1.29 is 45.3 Å². The summed E-state index contributed by atoms with van der Waals surface area (Å²) in [7, 11) is 0. The summed E-state index contributed by atoms with van der Waals surface area (Å²) in [6, 6.07) is 9.60. The first-order valence-corrected chi connectivity index (χ1v) is 24.9. The largest absolute Gasteiger partial charge is 0.493 e. The van der Waals surface area contributed by atoms with Crippen molar-refractivity contribution in [3.05, 3.63) is 71.3 Å². The molecule has 0 amide bonds. The molecule has 0 unspecified atom stereocenters. The number of hydrogen-bond donors (Lipinski definition) is 0. The van der Waals surface area contributed by atoms with Crippen molar-refractivity contribution in [1.29, 1.82) is 0 Å². The predicted molar refractivity (Wildman–Crippen MR) is 262 cm³/mol. The van der Waals surface area contributed by atoms with Gasteiger partial charge < -0.3 is 18.9 Å². The van der Waals surface area contributed by atoms with Crippen LogP contribution >= 0.6 is 0 Å². The maximum Gasteiger partial charge on any atom is 0.419 e. The Morgan fingerprint density at radius 3 is 1.68 bits per heavy atom. The van der Waals surface area contributed by atoms with E-state index in [1.165, 1.54) is 87.4 Å². The van der Waals surface area contributed by atoms with E-state index in [0.29, 0.717) is 36.3 Å². The molecule has 1 spiro atoms. The zero-order chi connectivity index (χ0) is 51.0. The maximum atomic E-state index is 13.8. The minimum atomic E-state index is -4.79. The number of alkyl halides is 5. The van der Waals surface area contributed by atoms with E-state index in [2.05, 4.69) is 83.8 Å². The molecule has 0 atom stereocenters. The maximum absolute atomic E-state index is 13.8. The van der Waals surface area contributed by atoms with Crippen LogP contribution in [0.1, 0.15) is 184 Å². The van der Waals surface area contributed by atoms with Crippen molar-refractivity contribution in [3.8, 4) is 22.6 Å². The molecule has 384 valence electrons. The predicted octanol–water partition coefficient (Wildman–Crippen LogP) is 16.5. The summed E-state index contributed by atoms with van der Waals surface area (Å²) in [5.41, 5.74) is 2.83. The molecule has 2 aromatic carbocycles. The number of aromatic nitrogens is 2. The third kappa shape index (κ3) is 20.9. The highest BCUT2D eigenvalue weighted by Gasteiger charge is 2.45. The molecule has 7 rings (SSSR count). The van der Waals surface area contributed by atoms with Crippen molar-refractivity contribution in [2.24, 2.45) is 28.1 Å². The SMILES string of the molecule is CC(C)(C)COc1ccc2c(c1)CCC(C)(C)C2.CC(C)(C)OCC1CCC(F)(F)CC1.CC(C)(C)OCC1CCC2(CC1)CC2.CC(C)(C)Oc1cc(F)c(C(F)(F)F)cc1-c1ccnnc1. The average Bonchev–Trinajstić information content (AvgIpc) is 3.96. The van der Waals surface area contributed by atoms with Crippen molar-refractivity contribution in [2.75, 3.05) is 19.8 Å². The van der Waals surface area contributed by atoms with Gasteiger partial charge in [0.05, 0.1) is 49.0 Å². The number of nitrogens with zero attached hydrogens (tertiary/aromatic N) is 2. The first kappa shape index (κ1) is 57.2. The van der Waals surface area contributed by atoms with Crippen LogP contribution in [0.2, 0.25) is 0 Å². The van der Waals surface area contributed by atoms with Crippen LogP contribution in [0.4, 0.5) is 26.3 Å². The lowest BCUT2D eigenvalue weighted by Crippen LogP contribution is -2.29. The molecule has 1 heterocycles. The lowest BCUT2D eigenvalue weighted by atomic mass is 9.74. The minimum Gasteiger partial charge on any atom is -0.493 e. The first-order valence-electron chi connectivity index (χ1n) is 24.9. The van der Waals surface area contributed by atoms with Gasteiger partial charge in [-0.05, 0) is 196 Å². The smallest absolute Gasteiger partial charge is 0.419 e. The highest BCUT2D eigenvalue weighted by Crippen LogP contribution is 2.57. The molecule has 4 aliphatic carbocycles. The highest BCUT2D eigenvalue weighted by molar-refractivity contribution is 5.70. The molecule has 0 saturated heterocycles. The highest BCUT2D eigenvalue weighted by atomic mass is 19.4. The number of ether oxygens (including phenoxy) is 4. The quantitative estimate of drug-likeness (QED) is 0.210. The second-order valence-corrected chi connectivity index (χ2v) is 24.9. The number of benzene rings is 2. The Morgan fingerprint density at radius 1 is 0.647 bits per heavy atom. The number of aryl methyl sites for hydroxylation is 1. The van der Waals surface area contributed by atoms with Gasteiger partial charge in [0.1, 0.15) is 22.9 Å². The van der Waals surface area contributed by atoms with E-state index in [-0.39, 0.29) is 40.8 Å². The van der Waals surface area contributed by atoms with E-state index in [9.17, 15) is 26.3 Å². The molecule has 3 saturated carbocycles. The number of hydrogen-bond acceptors (Lipinski definition) is 6. The first-order chi connectivity index (χ1) is 31.1. The normalized spacial score (nSPS) is 20.0. The van der Waals surface area contributed by atoms with Crippen molar-refractivity contribution in [2.45, 2.75) is 209 Å². The van der Waals surface area contributed by atoms with Crippen LogP contribution < -0.4 is 9.47 Å². The van der Waals surface area contributed by atoms with Gasteiger partial charge in [-0.2, -0.15) is 23.4 Å². The number of rotatable bonds is 8. The van der Waals surface area contributed by atoms with Gasteiger partial charge in [-0.25, -0.2) is 13.2 Å². The standard InChI is InChI=1S/C17H26O.C15H14F4N2O.C13H24O.C11H20F2O/c1-16(2,3)12-18-15-7-6-14-11-17(4,5)9-8-13(14)10-15;1-14(2,3)22-13-7-12(16)11(15(17,18)19)6-10(13)9-4-5-20-21-8-9;1-12(2,3)14-10-11-4-6-13(7-5-11)8-9-13;1-10(2,3)14-8-9-4-6-11(12,13)7-5-9/h6-7,10H,8-9,11-12H2,1-5H3;4-8H,1-3H3;11H,4-10H2,1-3H3;9H,4-8H2,1-3H3. The average molecular weight is 963 g/mol. The Labute approximate surface area is 405 Å². The number of halogens is 6. The Kier molecular flexibility index (Phi) is 19.2. The molecule has 0 aliphatic heterocycles. The Morgan fingerprint density at radius 2 is 1.21 bits per heavy atom. The molecule has 3 aromatic rings. The Hall–Kier alpha value is -3.38. The summed E-state index contributed by atoms with van der Waals surface area (Å²) in [5, 5.41) is 7.21. The summed E-state index contributed by atoms with van der Waals surface area (Å²) in [6.07, 6.45) is 11.6. The third-order valence-corrected chi connectivity index (χ3v) is 12.7. The third-order valence-electron chi connectivity index (χ3n) is 12.7. The topological polar surface area (TPSA) is 62.7 Å².